The number of hydrogen-bond donors (Lipinski definition) is 0. The Morgan fingerprint density at radius 2 is 1.00 bits per heavy atom. The first-order valence-electron chi connectivity index (χ1n) is 43.2. The Morgan fingerprint density at radius 3 is 1.52 bits per heavy atom. The molecule has 10 rings (SSSR count). The number of rotatable bonds is 40. The highest BCUT2D eigenvalue weighted by molar-refractivity contribution is 8.05. The number of ether oxygens (including phenoxy) is 2. The normalized spacial score (nSPS) is 18.3. The molecular weight excluding hydrogens is 1670 g/mol. The molecule has 4 heterocycles. The number of aromatic nitrogens is 1. The second-order valence-corrected chi connectivity index (χ2v) is 44.1. The van der Waals surface area contributed by atoms with Crippen molar-refractivity contribution < 1.29 is 91.9 Å². The zero-order valence-electron chi connectivity index (χ0n) is 74.8. The number of hydrogen-bond acceptors (Lipinski definition) is 22. The van der Waals surface area contributed by atoms with Crippen LogP contribution in [0.4, 0.5) is 26.7 Å². The van der Waals surface area contributed by atoms with E-state index in [0.717, 1.165) is 117 Å². The second kappa shape index (κ2) is 41.9. The fourth-order valence-corrected chi connectivity index (χ4v) is 25.7. The van der Waals surface area contributed by atoms with Gasteiger partial charge in [0.05, 0.1) is 66.8 Å². The number of unbranched alkanes of at least 4 members (excludes halogenated alkanes) is 6. The van der Waals surface area contributed by atoms with E-state index >= 15 is 0 Å². The number of carbonyl (C=O) groups excluding carboxylic acids is 2. The van der Waals surface area contributed by atoms with E-state index in [4.69, 9.17) is 18.1 Å². The van der Waals surface area contributed by atoms with Gasteiger partial charge in [0.2, 0.25) is 11.2 Å². The molecule has 0 unspecified atom stereocenters. The van der Waals surface area contributed by atoms with Gasteiger partial charge in [0.15, 0.2) is 36.7 Å². The fourth-order valence-electron chi connectivity index (χ4n) is 17.4. The Labute approximate surface area is 742 Å². The van der Waals surface area contributed by atoms with Crippen molar-refractivity contribution >= 4 is 118 Å². The highest BCUT2D eigenvalue weighted by Crippen LogP contribution is 2.51. The summed E-state index contributed by atoms with van der Waals surface area (Å²) in [6.45, 7) is 38.6. The first-order valence-corrected chi connectivity index (χ1v) is 50.1. The molecule has 2 amide bonds. The average molecular weight is 1800 g/mol. The highest BCUT2D eigenvalue weighted by Gasteiger charge is 2.46. The van der Waals surface area contributed by atoms with Crippen molar-refractivity contribution in [1.82, 2.24) is 8.61 Å². The summed E-state index contributed by atoms with van der Waals surface area (Å²) in [5.74, 6) is -0.845. The summed E-state index contributed by atoms with van der Waals surface area (Å²) in [5, 5.41) is 32.0. The van der Waals surface area contributed by atoms with Crippen molar-refractivity contribution in [2.24, 2.45) is 0 Å². The van der Waals surface area contributed by atoms with Crippen molar-refractivity contribution in [2.75, 3.05) is 80.2 Å². The number of aryl methyl sites for hydroxylation is 1. The number of allylic oxidation sites excluding steroid dienone is 12. The minimum absolute atomic E-state index is 0.231. The van der Waals surface area contributed by atoms with Gasteiger partial charge in [-0.2, -0.15) is 17.8 Å². The number of thiazole rings is 1. The van der Waals surface area contributed by atoms with Crippen LogP contribution in [0.15, 0.2) is 189 Å². The standard InChI is InChI=1S/C49H72N4O8S2.C43H60N4O8S4/c1-12-16-21-34-50-41-26-19-17-24-39(41)48(8,9)43(50)32-30-37-28-29-38(45(37)52(62-61-60-55)46(54)59-47(5,6)7)31-33-44-49(10,11)40-25-18-20-27-42(40)51(44)35-22-23-36-63(56,57,58)53(13-2,14-3)15-4;1-8-12-17-30-44-35-20-13-15-22-37(35)56-39(44)28-26-33-24-25-34(41(33)46(58-55-54-49)42(48)53-43(5,6)7)27-29-40-45(36-21-14-16-23-38(36)57-40)31-18-19-32-59(50,51,52)47(9-2,10-3)11-4/h17-20,24-27,30-33H,12-16,21-23,28-29,34-36H2,1-11H3,(H-2,55,56,57,58);13-16,20-23,26-29H,8-12,17-19,24-25,30-32H2,1-7H3,(H-2,49,50,51,52)/p-2. The maximum Gasteiger partial charge on any atom is 0.427 e. The van der Waals surface area contributed by atoms with Crippen LogP contribution in [0.5, 0.6) is 0 Å². The van der Waals surface area contributed by atoms with Crippen molar-refractivity contribution in [1.29, 1.82) is 0 Å². The lowest BCUT2D eigenvalue weighted by atomic mass is 9.81. The number of para-hydroxylation sites is 4. The molecule has 0 saturated heterocycles. The number of nitrogens with zero attached hydrogens (tertiary/aromatic N) is 8. The largest absolute Gasteiger partial charge is 0.759 e. The Morgan fingerprint density at radius 1 is 0.533 bits per heavy atom. The molecule has 0 fully saturated rings. The zero-order valence-corrected chi connectivity index (χ0v) is 79.7. The molecule has 0 atom stereocenters. The van der Waals surface area contributed by atoms with Gasteiger partial charge in [-0.15, -0.1) is 8.67 Å². The lowest BCUT2D eigenvalue weighted by molar-refractivity contribution is -0.815. The van der Waals surface area contributed by atoms with Crippen LogP contribution in [0.25, 0.3) is 16.3 Å². The molecule has 0 N–H and O–H groups in total. The van der Waals surface area contributed by atoms with Gasteiger partial charge < -0.3 is 48.0 Å². The summed E-state index contributed by atoms with van der Waals surface area (Å²) < 4.78 is 110. The van der Waals surface area contributed by atoms with E-state index in [1.165, 1.54) is 30.1 Å². The molecule has 1 aromatic heterocycles. The van der Waals surface area contributed by atoms with Crippen molar-refractivity contribution in [3.8, 4) is 0 Å². The van der Waals surface area contributed by atoms with Crippen LogP contribution in [-0.4, -0.2) is 147 Å². The Kier molecular flexibility index (Phi) is 34.0. The Bertz CT molecular complexity index is 4930. The molecule has 122 heavy (non-hydrogen) atoms. The third-order valence-electron chi connectivity index (χ3n) is 24.1. The number of fused-ring (bicyclic) bond motifs is 4. The summed E-state index contributed by atoms with van der Waals surface area (Å²) in [7, 11) is -10.9. The SMILES string of the molecule is CCCCC[N+]1=C(C=CC2=C(N(SOO[O-])C(=O)OC(C)(C)C)C(=CC=C3N(CCCCS(=O)([O-])([O-])[N+](CC)(CC)CC)c4ccccc4C3(C)C)CC2)C(C)(C)c2ccccc21.CCCCC[n+]1c(C=CC2=C(N(SOO[O-])C(=O)OC(C)(C)C)C(=CC=C3Sc4ccccc4N3CCCCS(=O)([O-])([O-])[N+](CC)(CC)CC)CC2)sc2ccccc21. The summed E-state index contributed by atoms with van der Waals surface area (Å²) in [4.78, 5) is 33.3. The van der Waals surface area contributed by atoms with Gasteiger partial charge in [-0.3, -0.25) is 26.3 Å². The van der Waals surface area contributed by atoms with Crippen molar-refractivity contribution in [3.05, 3.63) is 200 Å². The van der Waals surface area contributed by atoms with Gasteiger partial charge in [0.25, 0.3) is 5.01 Å². The van der Waals surface area contributed by atoms with Crippen LogP contribution in [0.1, 0.15) is 231 Å². The molecule has 0 radical (unpaired) electrons. The molecule has 0 spiro atoms. The molecule has 5 aliphatic rings. The van der Waals surface area contributed by atoms with Gasteiger partial charge in [-0.1, -0.05) is 162 Å². The van der Waals surface area contributed by atoms with E-state index < -0.39 is 67.7 Å². The lowest BCUT2D eigenvalue weighted by Gasteiger charge is -2.67. The molecule has 5 aromatic rings. The van der Waals surface area contributed by atoms with Gasteiger partial charge >= 0.3 is 12.2 Å². The first kappa shape index (κ1) is 99.2. The van der Waals surface area contributed by atoms with Crippen LogP contribution in [0.3, 0.4) is 0 Å². The van der Waals surface area contributed by atoms with Gasteiger partial charge in [0.1, 0.15) is 22.4 Å². The Balaban J connectivity index is 0.000000278. The van der Waals surface area contributed by atoms with Crippen LogP contribution >= 0.6 is 47.6 Å². The number of thioether (sulfide) groups is 1. The third kappa shape index (κ3) is 22.7. The average Bonchev–Trinajstić information content (AvgIpc) is 1.49. The van der Waals surface area contributed by atoms with E-state index in [1.54, 1.807) is 106 Å². The molecule has 30 heteroatoms. The molecular formula is C92H130N8O16S6-2. The highest BCUT2D eigenvalue weighted by atomic mass is 32.3. The third-order valence-corrected chi connectivity index (χ3v) is 34.0. The van der Waals surface area contributed by atoms with Gasteiger partial charge in [-0.25, -0.2) is 9.59 Å². The molecule has 0 saturated carbocycles. The maximum absolute atomic E-state index is 14.0. The minimum atomic E-state index is -5.47. The van der Waals surface area contributed by atoms with E-state index in [-0.39, 0.29) is 57.5 Å². The maximum atomic E-state index is 14.0. The Hall–Kier alpha value is -6.63. The van der Waals surface area contributed by atoms with Crippen LogP contribution < -0.4 is 24.9 Å². The summed E-state index contributed by atoms with van der Waals surface area (Å²) in [6, 6.07) is 33.1. The van der Waals surface area contributed by atoms with Gasteiger partial charge in [-0.05, 0) is 231 Å². The number of amides is 2. The lowest BCUT2D eigenvalue weighted by Crippen LogP contribution is -2.67. The number of sulfonamides is 6. The number of anilines is 2. The molecule has 3 aliphatic heterocycles. The molecule has 4 aromatic carbocycles. The molecule has 672 valence electrons. The number of carbonyl (C=O) groups is 2. The van der Waals surface area contributed by atoms with E-state index in [1.807, 2.05) is 66.8 Å². The van der Waals surface area contributed by atoms with Crippen molar-refractivity contribution in [3.63, 3.8) is 0 Å². The first-order chi connectivity index (χ1) is 57.7. The summed E-state index contributed by atoms with van der Waals surface area (Å²) in [5.41, 5.74) is 11.0. The summed E-state index contributed by atoms with van der Waals surface area (Å²) in [6.07, 6.45) is 25.4. The quantitative estimate of drug-likeness (QED) is 0.00670. The van der Waals surface area contributed by atoms with Gasteiger partial charge in [0, 0.05) is 89.0 Å². The van der Waals surface area contributed by atoms with Crippen LogP contribution in [0, 0.1) is 0 Å². The smallest absolute Gasteiger partial charge is 0.427 e. The molecule has 2 aliphatic carbocycles. The van der Waals surface area contributed by atoms with Crippen LogP contribution in [-0.2, 0) is 65.2 Å². The zero-order chi connectivity index (χ0) is 89.3. The number of quaternary nitrogens is 2. The van der Waals surface area contributed by atoms with E-state index in [0.29, 0.717) is 87.5 Å². The monoisotopic (exact) mass is 1790 g/mol. The molecule has 0 bridgehead atoms. The predicted octanol–water partition coefficient (Wildman–Crippen LogP) is 19.6. The van der Waals surface area contributed by atoms with Crippen LogP contribution in [0.2, 0.25) is 0 Å². The number of benzene rings is 4. The summed E-state index contributed by atoms with van der Waals surface area (Å²) >= 11 is 4.25. The predicted molar refractivity (Wildman–Crippen MR) is 487 cm³/mol. The second-order valence-electron chi connectivity index (χ2n) is 34.7. The minimum Gasteiger partial charge on any atom is -0.759 e. The van der Waals surface area contributed by atoms with E-state index in [9.17, 15) is 46.7 Å². The fraction of sp³-hybridized carbons (Fsp3) is 0.522. The topological polar surface area (TPSA) is 282 Å². The molecule has 24 nitrogen and oxygen atoms in total. The van der Waals surface area contributed by atoms with Crippen molar-refractivity contribution in [2.45, 2.75) is 248 Å². The van der Waals surface area contributed by atoms with E-state index in [2.05, 4.69) is 149 Å².